The molecule has 0 radical (unpaired) electrons. The van der Waals surface area contributed by atoms with Crippen LogP contribution >= 0.6 is 24.0 Å². The number of guanidine groups is 1. The first kappa shape index (κ1) is 23.5. The molecule has 6 nitrogen and oxygen atoms in total. The quantitative estimate of drug-likeness (QED) is 0.196. The third kappa shape index (κ3) is 10.2. The summed E-state index contributed by atoms with van der Waals surface area (Å²) < 4.78 is 0. The van der Waals surface area contributed by atoms with Crippen molar-refractivity contribution in [2.24, 2.45) is 16.6 Å². The van der Waals surface area contributed by atoms with E-state index < -0.39 is 0 Å². The molecule has 0 aromatic heterocycles. The predicted octanol–water partition coefficient (Wildman–Crippen LogP) is 2.86. The van der Waals surface area contributed by atoms with Gasteiger partial charge in [0.05, 0.1) is 12.1 Å². The van der Waals surface area contributed by atoms with E-state index in [1.54, 1.807) is 18.2 Å². The Morgan fingerprint density at radius 3 is 2.56 bits per heavy atom. The van der Waals surface area contributed by atoms with Gasteiger partial charge in [-0.15, -0.1) is 24.0 Å². The van der Waals surface area contributed by atoms with Crippen LogP contribution in [0.15, 0.2) is 29.3 Å². The molecular formula is C18H31IN4O2. The fourth-order valence-electron chi connectivity index (χ4n) is 2.31. The van der Waals surface area contributed by atoms with Gasteiger partial charge in [-0.25, -0.2) is 0 Å². The van der Waals surface area contributed by atoms with E-state index in [-0.39, 0.29) is 47.2 Å². The van der Waals surface area contributed by atoms with Crippen LogP contribution in [-0.2, 0) is 0 Å². The number of amides is 1. The molecule has 0 aliphatic heterocycles. The van der Waals surface area contributed by atoms with Crippen molar-refractivity contribution in [3.8, 4) is 5.75 Å². The van der Waals surface area contributed by atoms with Gasteiger partial charge in [0.1, 0.15) is 5.75 Å². The molecule has 1 rings (SSSR count). The maximum absolute atomic E-state index is 11.9. The lowest BCUT2D eigenvalue weighted by atomic mass is 10.0. The Bertz CT molecular complexity index is 550. The molecule has 7 heteroatoms. The minimum Gasteiger partial charge on any atom is -0.507 e. The smallest absolute Gasteiger partial charge is 0.255 e. The number of nitrogens with zero attached hydrogens (tertiary/aromatic N) is 1. The lowest BCUT2D eigenvalue weighted by Gasteiger charge is -2.15. The van der Waals surface area contributed by atoms with Gasteiger partial charge in [0.25, 0.3) is 5.91 Å². The van der Waals surface area contributed by atoms with E-state index in [0.717, 1.165) is 18.8 Å². The topological polar surface area (TPSA) is 99.7 Å². The van der Waals surface area contributed by atoms with Crippen molar-refractivity contribution in [3.05, 3.63) is 29.8 Å². The highest BCUT2D eigenvalue weighted by Crippen LogP contribution is 2.14. The maximum atomic E-state index is 11.9. The summed E-state index contributed by atoms with van der Waals surface area (Å²) in [5.74, 6) is 0.756. The van der Waals surface area contributed by atoms with E-state index in [1.807, 2.05) is 0 Å². The second-order valence-electron chi connectivity index (χ2n) is 6.41. The molecule has 5 N–H and O–H groups in total. The Hall–Kier alpha value is -1.51. The molecule has 25 heavy (non-hydrogen) atoms. The van der Waals surface area contributed by atoms with Crippen LogP contribution in [0.4, 0.5) is 0 Å². The zero-order valence-electron chi connectivity index (χ0n) is 15.3. The molecule has 0 aliphatic rings. The van der Waals surface area contributed by atoms with Gasteiger partial charge in [0.15, 0.2) is 5.96 Å². The first-order valence-electron chi connectivity index (χ1n) is 8.52. The molecule has 0 saturated carbocycles. The molecule has 1 unspecified atom stereocenters. The van der Waals surface area contributed by atoms with Crippen LogP contribution in [-0.4, -0.2) is 36.1 Å². The number of nitrogens with two attached hydrogens (primary N) is 1. The average Bonchev–Trinajstić information content (AvgIpc) is 2.51. The minimum absolute atomic E-state index is 0. The van der Waals surface area contributed by atoms with Gasteiger partial charge in [-0.3, -0.25) is 9.79 Å². The predicted molar refractivity (Wildman–Crippen MR) is 114 cm³/mol. The molecule has 1 aromatic rings. The number of nitrogens with one attached hydrogen (secondary N) is 2. The Kier molecular flexibility index (Phi) is 12.0. The van der Waals surface area contributed by atoms with Crippen molar-refractivity contribution in [1.29, 1.82) is 0 Å². The summed E-state index contributed by atoms with van der Waals surface area (Å²) >= 11 is 0. The number of aliphatic imine (C=N–C) groups is 1. The summed E-state index contributed by atoms with van der Waals surface area (Å²) in [6.45, 7) is 7.27. The molecule has 1 aromatic carbocycles. The van der Waals surface area contributed by atoms with E-state index in [9.17, 15) is 9.90 Å². The van der Waals surface area contributed by atoms with Crippen LogP contribution in [0.25, 0.3) is 0 Å². The van der Waals surface area contributed by atoms with Crippen molar-refractivity contribution < 1.29 is 9.90 Å². The minimum atomic E-state index is -0.322. The maximum Gasteiger partial charge on any atom is 0.255 e. The van der Waals surface area contributed by atoms with E-state index in [2.05, 4.69) is 36.4 Å². The summed E-state index contributed by atoms with van der Waals surface area (Å²) in [5, 5.41) is 15.5. The van der Waals surface area contributed by atoms with Crippen molar-refractivity contribution >= 4 is 35.8 Å². The van der Waals surface area contributed by atoms with Gasteiger partial charge >= 0.3 is 0 Å². The van der Waals surface area contributed by atoms with Gasteiger partial charge in [-0.1, -0.05) is 38.8 Å². The number of carbonyl (C=O) groups is 1. The van der Waals surface area contributed by atoms with Crippen LogP contribution in [0, 0.1) is 5.92 Å². The largest absolute Gasteiger partial charge is 0.507 e. The molecule has 0 spiro atoms. The zero-order valence-corrected chi connectivity index (χ0v) is 17.6. The van der Waals surface area contributed by atoms with Crippen LogP contribution < -0.4 is 16.4 Å². The van der Waals surface area contributed by atoms with Crippen LogP contribution in [0.5, 0.6) is 5.75 Å². The highest BCUT2D eigenvalue weighted by Gasteiger charge is 2.09. The number of para-hydroxylation sites is 1. The summed E-state index contributed by atoms with van der Waals surface area (Å²) in [6, 6.07) is 6.71. The molecule has 0 heterocycles. The van der Waals surface area contributed by atoms with Crippen LogP contribution in [0.2, 0.25) is 0 Å². The van der Waals surface area contributed by atoms with Crippen molar-refractivity contribution in [3.63, 3.8) is 0 Å². The van der Waals surface area contributed by atoms with Gasteiger partial charge in [0, 0.05) is 12.6 Å². The molecule has 142 valence electrons. The van der Waals surface area contributed by atoms with E-state index >= 15 is 0 Å². The second kappa shape index (κ2) is 12.8. The number of hydrogen-bond acceptors (Lipinski definition) is 3. The Morgan fingerprint density at radius 2 is 1.92 bits per heavy atom. The number of halogens is 1. The number of phenols is 1. The summed E-state index contributed by atoms with van der Waals surface area (Å²) in [5.41, 5.74) is 6.10. The summed E-state index contributed by atoms with van der Waals surface area (Å²) in [7, 11) is 0. The third-order valence-corrected chi connectivity index (χ3v) is 3.64. The molecule has 1 atom stereocenters. The normalized spacial score (nSPS) is 12.4. The SMILES string of the molecule is CC(C)CCCC(C)NC(N)=NCCNC(=O)c1ccccc1O.I. The van der Waals surface area contributed by atoms with E-state index in [4.69, 9.17) is 5.73 Å². The third-order valence-electron chi connectivity index (χ3n) is 3.64. The number of phenolic OH excluding ortho intramolecular Hbond substituents is 1. The average molecular weight is 462 g/mol. The standard InChI is InChI=1S/C18H30N4O2.HI/c1-13(2)7-6-8-14(3)22-18(19)21-12-11-20-17(24)15-9-4-5-10-16(15)23;/h4-5,9-10,13-14,23H,6-8,11-12H2,1-3H3,(H,20,24)(H3,19,21,22);1H. The van der Waals surface area contributed by atoms with Crippen molar-refractivity contribution in [1.82, 2.24) is 10.6 Å². The van der Waals surface area contributed by atoms with Crippen molar-refractivity contribution in [2.75, 3.05) is 13.1 Å². The number of rotatable bonds is 9. The number of hydrogen-bond donors (Lipinski definition) is 4. The Balaban J connectivity index is 0.00000576. The molecule has 1 amide bonds. The first-order chi connectivity index (χ1) is 11.4. The molecule has 0 bridgehead atoms. The molecule has 0 aliphatic carbocycles. The monoisotopic (exact) mass is 462 g/mol. The van der Waals surface area contributed by atoms with Gasteiger partial charge in [0.2, 0.25) is 0 Å². The van der Waals surface area contributed by atoms with Gasteiger partial charge < -0.3 is 21.5 Å². The van der Waals surface area contributed by atoms with E-state index in [1.165, 1.54) is 12.5 Å². The van der Waals surface area contributed by atoms with Gasteiger partial charge in [-0.2, -0.15) is 0 Å². The summed E-state index contributed by atoms with van der Waals surface area (Å²) in [6.07, 6.45) is 3.43. The summed E-state index contributed by atoms with van der Waals surface area (Å²) in [4.78, 5) is 16.1. The van der Waals surface area contributed by atoms with Crippen molar-refractivity contribution in [2.45, 2.75) is 46.1 Å². The Morgan fingerprint density at radius 1 is 1.24 bits per heavy atom. The highest BCUT2D eigenvalue weighted by molar-refractivity contribution is 14.0. The second-order valence-corrected chi connectivity index (χ2v) is 6.41. The van der Waals surface area contributed by atoms with E-state index in [0.29, 0.717) is 19.0 Å². The van der Waals surface area contributed by atoms with Gasteiger partial charge in [-0.05, 0) is 31.4 Å². The molecule has 0 fully saturated rings. The lowest BCUT2D eigenvalue weighted by molar-refractivity contribution is 0.0952. The molecule has 0 saturated heterocycles. The number of aromatic hydroxyl groups is 1. The lowest BCUT2D eigenvalue weighted by Crippen LogP contribution is -2.39. The molecular weight excluding hydrogens is 431 g/mol. The zero-order chi connectivity index (χ0) is 17.9. The van der Waals surface area contributed by atoms with Crippen LogP contribution in [0.1, 0.15) is 50.4 Å². The highest BCUT2D eigenvalue weighted by atomic mass is 127. The van der Waals surface area contributed by atoms with Crippen LogP contribution in [0.3, 0.4) is 0 Å². The number of benzene rings is 1. The number of carbonyl (C=O) groups excluding carboxylic acids is 1. The fraction of sp³-hybridized carbons (Fsp3) is 0.556. The first-order valence-corrected chi connectivity index (χ1v) is 8.52. The fourth-order valence-corrected chi connectivity index (χ4v) is 2.31. The Labute approximate surface area is 167 Å².